The van der Waals surface area contributed by atoms with E-state index in [9.17, 15) is 4.79 Å². The quantitative estimate of drug-likeness (QED) is 0.702. The lowest BCUT2D eigenvalue weighted by Crippen LogP contribution is -2.23. The molecule has 1 amide bonds. The fourth-order valence-corrected chi connectivity index (χ4v) is 2.52. The third-order valence-electron chi connectivity index (χ3n) is 3.73. The van der Waals surface area contributed by atoms with Crippen LogP contribution in [-0.2, 0) is 17.9 Å². The van der Waals surface area contributed by atoms with Gasteiger partial charge in [0, 0.05) is 19.9 Å². The SMILES string of the molecule is COCc1cccc(CNC(=O)c2cccnc2Oc2ccccc2)c1. The molecule has 1 heterocycles. The number of nitrogens with zero attached hydrogens (tertiary/aromatic N) is 1. The van der Waals surface area contributed by atoms with Gasteiger partial charge in [0.2, 0.25) is 5.88 Å². The first kappa shape index (κ1) is 17.6. The topological polar surface area (TPSA) is 60.5 Å². The van der Waals surface area contributed by atoms with Crippen molar-refractivity contribution in [2.45, 2.75) is 13.2 Å². The molecule has 3 aromatic rings. The zero-order chi connectivity index (χ0) is 18.2. The van der Waals surface area contributed by atoms with Gasteiger partial charge in [0.1, 0.15) is 11.3 Å². The highest BCUT2D eigenvalue weighted by Gasteiger charge is 2.14. The Balaban J connectivity index is 1.69. The first-order valence-electron chi connectivity index (χ1n) is 8.29. The van der Waals surface area contributed by atoms with E-state index >= 15 is 0 Å². The third-order valence-corrected chi connectivity index (χ3v) is 3.73. The molecule has 0 unspecified atom stereocenters. The average molecular weight is 348 g/mol. The van der Waals surface area contributed by atoms with E-state index in [4.69, 9.17) is 9.47 Å². The van der Waals surface area contributed by atoms with Crippen molar-refractivity contribution in [3.05, 3.63) is 89.6 Å². The maximum absolute atomic E-state index is 12.6. The van der Waals surface area contributed by atoms with E-state index in [-0.39, 0.29) is 11.8 Å². The van der Waals surface area contributed by atoms with Crippen LogP contribution in [0, 0.1) is 0 Å². The summed E-state index contributed by atoms with van der Waals surface area (Å²) >= 11 is 0. The molecular formula is C21H20N2O3. The Morgan fingerprint density at radius 2 is 1.81 bits per heavy atom. The summed E-state index contributed by atoms with van der Waals surface area (Å²) in [4.78, 5) is 16.8. The molecule has 5 heteroatoms. The number of hydrogen-bond donors (Lipinski definition) is 1. The van der Waals surface area contributed by atoms with Crippen LogP contribution < -0.4 is 10.1 Å². The third kappa shape index (κ3) is 4.68. The average Bonchev–Trinajstić information content (AvgIpc) is 2.68. The first-order valence-corrected chi connectivity index (χ1v) is 8.29. The Bertz CT molecular complexity index is 866. The lowest BCUT2D eigenvalue weighted by molar-refractivity contribution is 0.0948. The molecule has 2 aromatic carbocycles. The van der Waals surface area contributed by atoms with Crippen LogP contribution in [0.2, 0.25) is 0 Å². The number of carbonyl (C=O) groups is 1. The van der Waals surface area contributed by atoms with Gasteiger partial charge in [-0.1, -0.05) is 42.5 Å². The second-order valence-electron chi connectivity index (χ2n) is 5.71. The van der Waals surface area contributed by atoms with Crippen LogP contribution in [0.4, 0.5) is 0 Å². The molecule has 0 aliphatic heterocycles. The number of hydrogen-bond acceptors (Lipinski definition) is 4. The van der Waals surface area contributed by atoms with Crippen LogP contribution in [0.25, 0.3) is 0 Å². The lowest BCUT2D eigenvalue weighted by atomic mass is 10.1. The highest BCUT2D eigenvalue weighted by molar-refractivity contribution is 5.96. The molecule has 1 aromatic heterocycles. The molecule has 0 saturated heterocycles. The molecule has 0 atom stereocenters. The molecule has 26 heavy (non-hydrogen) atoms. The predicted molar refractivity (Wildman–Crippen MR) is 99.1 cm³/mol. The molecule has 0 fully saturated rings. The smallest absolute Gasteiger partial charge is 0.257 e. The molecule has 0 aliphatic rings. The highest BCUT2D eigenvalue weighted by atomic mass is 16.5. The number of benzene rings is 2. The van der Waals surface area contributed by atoms with E-state index in [0.717, 1.165) is 11.1 Å². The van der Waals surface area contributed by atoms with Crippen molar-refractivity contribution in [3.63, 3.8) is 0 Å². The molecule has 5 nitrogen and oxygen atoms in total. The van der Waals surface area contributed by atoms with E-state index < -0.39 is 0 Å². The molecular weight excluding hydrogens is 328 g/mol. The van der Waals surface area contributed by atoms with E-state index in [2.05, 4.69) is 10.3 Å². The minimum atomic E-state index is -0.235. The zero-order valence-corrected chi connectivity index (χ0v) is 14.5. The number of amides is 1. The van der Waals surface area contributed by atoms with Gasteiger partial charge in [-0.3, -0.25) is 4.79 Å². The first-order chi connectivity index (χ1) is 12.8. The van der Waals surface area contributed by atoms with E-state index in [0.29, 0.717) is 24.5 Å². The largest absolute Gasteiger partial charge is 0.438 e. The van der Waals surface area contributed by atoms with Gasteiger partial charge in [0.15, 0.2) is 0 Å². The van der Waals surface area contributed by atoms with Crippen LogP contribution >= 0.6 is 0 Å². The molecule has 0 radical (unpaired) electrons. The van der Waals surface area contributed by atoms with E-state index in [1.807, 2.05) is 54.6 Å². The highest BCUT2D eigenvalue weighted by Crippen LogP contribution is 2.22. The van der Waals surface area contributed by atoms with E-state index in [1.165, 1.54) is 0 Å². The second-order valence-corrected chi connectivity index (χ2v) is 5.71. The monoisotopic (exact) mass is 348 g/mol. The maximum Gasteiger partial charge on any atom is 0.257 e. The molecule has 3 rings (SSSR count). The summed E-state index contributed by atoms with van der Waals surface area (Å²) < 4.78 is 10.9. The number of methoxy groups -OCH3 is 1. The van der Waals surface area contributed by atoms with Crippen molar-refractivity contribution in [1.29, 1.82) is 0 Å². The second kappa shape index (κ2) is 8.78. The summed E-state index contributed by atoms with van der Waals surface area (Å²) in [7, 11) is 1.66. The van der Waals surface area contributed by atoms with Gasteiger partial charge in [-0.15, -0.1) is 0 Å². The number of aromatic nitrogens is 1. The van der Waals surface area contributed by atoms with Gasteiger partial charge < -0.3 is 14.8 Å². The maximum atomic E-state index is 12.6. The number of para-hydroxylation sites is 1. The van der Waals surface area contributed by atoms with Gasteiger partial charge in [0.25, 0.3) is 5.91 Å². The molecule has 0 aliphatic carbocycles. The van der Waals surface area contributed by atoms with Gasteiger partial charge >= 0.3 is 0 Å². The van der Waals surface area contributed by atoms with Crippen molar-refractivity contribution in [1.82, 2.24) is 10.3 Å². The number of rotatable bonds is 7. The summed E-state index contributed by atoms with van der Waals surface area (Å²) in [6.45, 7) is 0.954. The van der Waals surface area contributed by atoms with Crippen LogP contribution in [0.3, 0.4) is 0 Å². The summed E-state index contributed by atoms with van der Waals surface area (Å²) in [6.07, 6.45) is 1.60. The Labute approximate surface area is 152 Å². The fraction of sp³-hybridized carbons (Fsp3) is 0.143. The standard InChI is InChI=1S/C21H20N2O3/c1-25-15-17-8-5-7-16(13-17)14-23-20(24)19-11-6-12-22-21(19)26-18-9-3-2-4-10-18/h2-13H,14-15H2,1H3,(H,23,24). The summed E-state index contributed by atoms with van der Waals surface area (Å²) in [5.41, 5.74) is 2.46. The van der Waals surface area contributed by atoms with Gasteiger partial charge in [-0.25, -0.2) is 4.98 Å². The molecule has 132 valence electrons. The number of pyridine rings is 1. The van der Waals surface area contributed by atoms with Crippen molar-refractivity contribution in [3.8, 4) is 11.6 Å². The minimum Gasteiger partial charge on any atom is -0.438 e. The summed E-state index contributed by atoms with van der Waals surface area (Å²) in [5, 5.41) is 2.91. The Hall–Kier alpha value is -3.18. The Kier molecular flexibility index (Phi) is 5.96. The van der Waals surface area contributed by atoms with Gasteiger partial charge in [0.05, 0.1) is 6.61 Å². The zero-order valence-electron chi connectivity index (χ0n) is 14.5. The Morgan fingerprint density at radius 3 is 2.62 bits per heavy atom. The summed E-state index contributed by atoms with van der Waals surface area (Å²) in [5.74, 6) is 0.679. The number of ether oxygens (including phenoxy) is 2. The van der Waals surface area contributed by atoms with Crippen molar-refractivity contribution >= 4 is 5.91 Å². The van der Waals surface area contributed by atoms with Crippen LogP contribution in [0.5, 0.6) is 11.6 Å². The Morgan fingerprint density at radius 1 is 1.00 bits per heavy atom. The normalized spacial score (nSPS) is 10.3. The van der Waals surface area contributed by atoms with E-state index in [1.54, 1.807) is 25.4 Å². The predicted octanol–water partition coefficient (Wildman–Crippen LogP) is 3.95. The fourth-order valence-electron chi connectivity index (χ4n) is 2.52. The molecule has 1 N–H and O–H groups in total. The number of carbonyl (C=O) groups excluding carboxylic acids is 1. The van der Waals surface area contributed by atoms with Gasteiger partial charge in [-0.05, 0) is 35.4 Å². The molecule has 0 bridgehead atoms. The van der Waals surface area contributed by atoms with Crippen LogP contribution in [0.15, 0.2) is 72.9 Å². The van der Waals surface area contributed by atoms with Crippen molar-refractivity contribution < 1.29 is 14.3 Å². The van der Waals surface area contributed by atoms with Crippen LogP contribution in [0.1, 0.15) is 21.5 Å². The molecule has 0 saturated carbocycles. The lowest BCUT2D eigenvalue weighted by Gasteiger charge is -2.11. The van der Waals surface area contributed by atoms with Crippen molar-refractivity contribution in [2.75, 3.05) is 7.11 Å². The van der Waals surface area contributed by atoms with Gasteiger partial charge in [-0.2, -0.15) is 0 Å². The minimum absolute atomic E-state index is 0.235. The summed E-state index contributed by atoms with van der Waals surface area (Å²) in [6, 6.07) is 20.6. The van der Waals surface area contributed by atoms with Crippen molar-refractivity contribution in [2.24, 2.45) is 0 Å². The molecule has 0 spiro atoms. The van der Waals surface area contributed by atoms with Crippen LogP contribution in [-0.4, -0.2) is 18.0 Å². The number of nitrogens with one attached hydrogen (secondary N) is 1.